The lowest BCUT2D eigenvalue weighted by Gasteiger charge is -2.22. The molecule has 1 aliphatic rings. The van der Waals surface area contributed by atoms with Crippen molar-refractivity contribution in [3.8, 4) is 0 Å². The summed E-state index contributed by atoms with van der Waals surface area (Å²) in [4.78, 5) is 12.4. The first-order valence-electron chi connectivity index (χ1n) is 3.54. The molecule has 2 nitrogen and oxygen atoms in total. The normalized spacial score (nSPS) is 36.9. The summed E-state index contributed by atoms with van der Waals surface area (Å²) in [6, 6.07) is 0. The van der Waals surface area contributed by atoms with Gasteiger partial charge < -0.3 is 4.90 Å². The van der Waals surface area contributed by atoms with Crippen LogP contribution in [-0.4, -0.2) is 25.9 Å². The topological polar surface area (TPSA) is 21.5 Å². The summed E-state index contributed by atoms with van der Waals surface area (Å²) in [5.74, 6) is 0.749. The van der Waals surface area contributed by atoms with E-state index in [1.807, 2.05) is 6.92 Å². The molecule has 0 aromatic heterocycles. The highest BCUT2D eigenvalue weighted by atomic mass is 16.1. The van der Waals surface area contributed by atoms with E-state index in [0.717, 1.165) is 19.5 Å². The highest BCUT2D eigenvalue weighted by molar-refractivity contribution is 5.81. The van der Waals surface area contributed by atoms with E-state index in [4.69, 9.17) is 0 Å². The molecule has 52 valence electrons. The van der Waals surface area contributed by atoms with Gasteiger partial charge in [0.25, 0.3) is 0 Å². The molecule has 1 saturated heterocycles. The maximum atomic E-state index is 10.9. The van der Waals surface area contributed by atoms with Crippen LogP contribution in [0.2, 0.25) is 0 Å². The van der Waals surface area contributed by atoms with Crippen molar-refractivity contribution in [2.45, 2.75) is 13.3 Å². The zero-order chi connectivity index (χ0) is 6.85. The van der Waals surface area contributed by atoms with Gasteiger partial charge in [-0.1, -0.05) is 6.92 Å². The van der Waals surface area contributed by atoms with Gasteiger partial charge in [-0.15, -0.1) is 0 Å². The van der Waals surface area contributed by atoms with E-state index in [9.17, 15) is 4.79 Å². The molecular weight excluding hydrogens is 114 g/mol. The van der Waals surface area contributed by atoms with Crippen molar-refractivity contribution in [1.29, 1.82) is 0 Å². The van der Waals surface area contributed by atoms with Crippen LogP contribution in [0.4, 0.5) is 0 Å². The molecule has 1 N–H and O–H groups in total. The first-order valence-corrected chi connectivity index (χ1v) is 3.54. The van der Waals surface area contributed by atoms with E-state index in [1.165, 1.54) is 4.90 Å². The second-order valence-corrected chi connectivity index (χ2v) is 3.03. The summed E-state index contributed by atoms with van der Waals surface area (Å²) in [5.41, 5.74) is 0. The van der Waals surface area contributed by atoms with Crippen LogP contribution in [-0.2, 0) is 4.79 Å². The fourth-order valence-corrected chi connectivity index (χ4v) is 1.32. The maximum Gasteiger partial charge on any atom is 0.146 e. The van der Waals surface area contributed by atoms with Gasteiger partial charge in [-0.05, 0) is 0 Å². The highest BCUT2D eigenvalue weighted by Gasteiger charge is 2.23. The van der Waals surface area contributed by atoms with Crippen LogP contribution in [0.15, 0.2) is 0 Å². The van der Waals surface area contributed by atoms with Crippen molar-refractivity contribution >= 4 is 5.78 Å². The Morgan fingerprint density at radius 1 is 1.67 bits per heavy atom. The van der Waals surface area contributed by atoms with Gasteiger partial charge in [0.2, 0.25) is 0 Å². The average Bonchev–Trinajstić information content (AvgIpc) is 1.80. The van der Waals surface area contributed by atoms with Crippen LogP contribution in [0.1, 0.15) is 13.3 Å². The standard InChI is InChI=1S/C7H13NO/c1-6-5-8(2)4-3-7(6)9/h6H,3-5H2,1-2H3/p+1/t6-/m1/s1. The molecule has 9 heavy (non-hydrogen) atoms. The van der Waals surface area contributed by atoms with Crippen LogP contribution >= 0.6 is 0 Å². The van der Waals surface area contributed by atoms with Gasteiger partial charge in [-0.25, -0.2) is 0 Å². The lowest BCUT2D eigenvalue weighted by Crippen LogP contribution is -3.11. The van der Waals surface area contributed by atoms with E-state index < -0.39 is 0 Å². The number of nitrogens with one attached hydrogen (secondary N) is 1. The molecule has 0 bridgehead atoms. The molecule has 2 atom stereocenters. The van der Waals surface area contributed by atoms with Crippen LogP contribution in [0, 0.1) is 5.92 Å². The predicted molar refractivity (Wildman–Crippen MR) is 35.4 cm³/mol. The summed E-state index contributed by atoms with van der Waals surface area (Å²) in [7, 11) is 2.14. The number of piperidine rings is 1. The average molecular weight is 128 g/mol. The summed E-state index contributed by atoms with van der Waals surface area (Å²) in [6.07, 6.45) is 0.785. The summed E-state index contributed by atoms with van der Waals surface area (Å²) < 4.78 is 0. The van der Waals surface area contributed by atoms with E-state index in [-0.39, 0.29) is 0 Å². The zero-order valence-corrected chi connectivity index (χ0v) is 6.11. The Bertz CT molecular complexity index is 122. The molecular formula is C7H14NO+. The minimum Gasteiger partial charge on any atom is -0.336 e. The number of likely N-dealkylation sites (tertiary alicyclic amines) is 1. The molecule has 0 aliphatic carbocycles. The third-order valence-corrected chi connectivity index (χ3v) is 2.00. The monoisotopic (exact) mass is 128 g/mol. The van der Waals surface area contributed by atoms with Gasteiger partial charge >= 0.3 is 0 Å². The number of carbonyl (C=O) groups excluding carboxylic acids is 1. The third kappa shape index (κ3) is 1.52. The fourth-order valence-electron chi connectivity index (χ4n) is 1.32. The number of rotatable bonds is 0. The van der Waals surface area contributed by atoms with Crippen LogP contribution in [0.5, 0.6) is 0 Å². The molecule has 1 rings (SSSR count). The molecule has 0 radical (unpaired) electrons. The van der Waals surface area contributed by atoms with Gasteiger partial charge in [0.15, 0.2) is 0 Å². The molecule has 1 heterocycles. The first-order chi connectivity index (χ1) is 4.20. The van der Waals surface area contributed by atoms with Crippen molar-refractivity contribution in [3.05, 3.63) is 0 Å². The predicted octanol–water partition coefficient (Wildman–Crippen LogP) is -0.890. The minimum absolute atomic E-state index is 0.304. The van der Waals surface area contributed by atoms with Crippen molar-refractivity contribution in [3.63, 3.8) is 0 Å². The summed E-state index contributed by atoms with van der Waals surface area (Å²) >= 11 is 0. The first kappa shape index (κ1) is 6.75. The fraction of sp³-hybridized carbons (Fsp3) is 0.857. The molecule has 0 aromatic rings. The number of ketones is 1. The number of carbonyl (C=O) groups is 1. The maximum absolute atomic E-state index is 10.9. The van der Waals surface area contributed by atoms with Gasteiger partial charge in [-0.3, -0.25) is 4.79 Å². The van der Waals surface area contributed by atoms with Gasteiger partial charge in [0, 0.05) is 0 Å². The van der Waals surface area contributed by atoms with Crippen molar-refractivity contribution < 1.29 is 9.69 Å². The van der Waals surface area contributed by atoms with Crippen molar-refractivity contribution in [2.24, 2.45) is 5.92 Å². The lowest BCUT2D eigenvalue weighted by molar-refractivity contribution is -0.884. The Morgan fingerprint density at radius 3 is 2.78 bits per heavy atom. The van der Waals surface area contributed by atoms with E-state index in [1.54, 1.807) is 0 Å². The smallest absolute Gasteiger partial charge is 0.146 e. The van der Waals surface area contributed by atoms with E-state index >= 15 is 0 Å². The number of hydrogen-bond donors (Lipinski definition) is 1. The molecule has 0 amide bonds. The number of quaternary nitrogens is 1. The Balaban J connectivity index is 2.44. The minimum atomic E-state index is 0.304. The van der Waals surface area contributed by atoms with Crippen LogP contribution in [0.25, 0.3) is 0 Å². The van der Waals surface area contributed by atoms with Gasteiger partial charge in [0.1, 0.15) is 5.78 Å². The number of Topliss-reactive ketones (excluding diaryl/α,β-unsaturated/α-hetero) is 1. The second kappa shape index (κ2) is 2.48. The second-order valence-electron chi connectivity index (χ2n) is 3.03. The van der Waals surface area contributed by atoms with E-state index in [0.29, 0.717) is 11.7 Å². The summed E-state index contributed by atoms with van der Waals surface area (Å²) in [5, 5.41) is 0. The molecule has 0 saturated carbocycles. The Labute approximate surface area is 55.8 Å². The molecule has 2 heteroatoms. The van der Waals surface area contributed by atoms with Crippen molar-refractivity contribution in [1.82, 2.24) is 0 Å². The largest absolute Gasteiger partial charge is 0.336 e. The quantitative estimate of drug-likeness (QED) is 0.449. The highest BCUT2D eigenvalue weighted by Crippen LogP contribution is 1.99. The van der Waals surface area contributed by atoms with Crippen LogP contribution < -0.4 is 4.90 Å². The van der Waals surface area contributed by atoms with Crippen molar-refractivity contribution in [2.75, 3.05) is 20.1 Å². The molecule has 1 fully saturated rings. The third-order valence-electron chi connectivity index (χ3n) is 2.00. The zero-order valence-electron chi connectivity index (χ0n) is 6.11. The van der Waals surface area contributed by atoms with Gasteiger partial charge in [-0.2, -0.15) is 0 Å². The summed E-state index contributed by atoms with van der Waals surface area (Å²) in [6.45, 7) is 4.08. The van der Waals surface area contributed by atoms with E-state index in [2.05, 4.69) is 7.05 Å². The molecule has 1 unspecified atom stereocenters. The molecule has 0 spiro atoms. The Morgan fingerprint density at radius 2 is 2.33 bits per heavy atom. The Hall–Kier alpha value is -0.370. The van der Waals surface area contributed by atoms with Crippen LogP contribution in [0.3, 0.4) is 0 Å². The SMILES string of the molecule is C[C@@H]1C[NH+](C)CCC1=O. The molecule has 0 aromatic carbocycles. The molecule has 1 aliphatic heterocycles. The van der Waals surface area contributed by atoms with Gasteiger partial charge in [0.05, 0.1) is 32.5 Å². The lowest BCUT2D eigenvalue weighted by atomic mass is 9.99. The number of hydrogen-bond acceptors (Lipinski definition) is 1. The Kier molecular flexibility index (Phi) is 1.86.